The van der Waals surface area contributed by atoms with Crippen molar-refractivity contribution in [2.24, 2.45) is 5.92 Å². The summed E-state index contributed by atoms with van der Waals surface area (Å²) in [6.45, 7) is 5.81. The first-order valence-corrected chi connectivity index (χ1v) is 12.9. The summed E-state index contributed by atoms with van der Waals surface area (Å²) >= 11 is 6.75. The van der Waals surface area contributed by atoms with E-state index in [9.17, 15) is 0 Å². The lowest BCUT2D eigenvalue weighted by atomic mass is 9.97. The number of H-pyrrole nitrogens is 1. The van der Waals surface area contributed by atoms with Gasteiger partial charge in [-0.1, -0.05) is 11.6 Å². The van der Waals surface area contributed by atoms with E-state index in [-0.39, 0.29) is 6.61 Å². The summed E-state index contributed by atoms with van der Waals surface area (Å²) < 4.78 is 8.10. The van der Waals surface area contributed by atoms with E-state index in [1.54, 1.807) is 6.20 Å². The largest absolute Gasteiger partial charge is 0.456 e. The van der Waals surface area contributed by atoms with Gasteiger partial charge in [0.05, 0.1) is 41.2 Å². The fourth-order valence-electron chi connectivity index (χ4n) is 4.95. The van der Waals surface area contributed by atoms with Crippen molar-refractivity contribution in [2.75, 3.05) is 26.2 Å². The number of fused-ring (bicyclic) bond motifs is 2. The molecule has 1 aliphatic heterocycles. The van der Waals surface area contributed by atoms with E-state index in [0.717, 1.165) is 61.4 Å². The Balaban J connectivity index is 1.20. The minimum atomic E-state index is 0.221. The Morgan fingerprint density at radius 1 is 1.11 bits per heavy atom. The van der Waals surface area contributed by atoms with Crippen molar-refractivity contribution in [3.05, 3.63) is 59.8 Å². The highest BCUT2D eigenvalue weighted by Crippen LogP contribution is 2.35. The molecular formula is C27H28ClN7O2. The minimum absolute atomic E-state index is 0.221. The number of halogens is 1. The molecule has 0 aliphatic carbocycles. The van der Waals surface area contributed by atoms with Gasteiger partial charge in [0.1, 0.15) is 27.9 Å². The second-order valence-electron chi connectivity index (χ2n) is 9.56. The number of β-amino-alcohol motifs (C(OH)–C–C–N with tert-alkyl or cyclic N) is 1. The average molecular weight is 518 g/mol. The molecule has 5 aromatic rings. The van der Waals surface area contributed by atoms with Crippen LogP contribution in [-0.4, -0.2) is 66.0 Å². The van der Waals surface area contributed by atoms with Gasteiger partial charge < -0.3 is 19.7 Å². The van der Waals surface area contributed by atoms with Crippen LogP contribution in [0.5, 0.6) is 11.5 Å². The molecule has 1 aliphatic rings. The van der Waals surface area contributed by atoms with Gasteiger partial charge in [-0.05, 0) is 63.0 Å². The summed E-state index contributed by atoms with van der Waals surface area (Å²) in [6, 6.07) is 9.36. The van der Waals surface area contributed by atoms with Crippen molar-refractivity contribution in [2.45, 2.75) is 26.3 Å². The molecule has 4 heterocycles. The molecular weight excluding hydrogens is 490 g/mol. The van der Waals surface area contributed by atoms with E-state index in [0.29, 0.717) is 39.2 Å². The molecule has 0 amide bonds. The van der Waals surface area contributed by atoms with Gasteiger partial charge in [0.25, 0.3) is 0 Å². The third-order valence-electron chi connectivity index (χ3n) is 6.91. The van der Waals surface area contributed by atoms with Gasteiger partial charge in [0, 0.05) is 30.9 Å². The Labute approximate surface area is 219 Å². The molecule has 0 unspecified atom stereocenters. The number of rotatable bonds is 7. The maximum Gasteiger partial charge on any atom is 0.148 e. The average Bonchev–Trinajstić information content (AvgIpc) is 3.52. The van der Waals surface area contributed by atoms with Gasteiger partial charge in [-0.15, -0.1) is 0 Å². The maximum absolute atomic E-state index is 9.15. The van der Waals surface area contributed by atoms with Crippen LogP contribution in [0.3, 0.4) is 0 Å². The number of nitrogens with zero attached hydrogens (tertiary/aromatic N) is 6. The normalized spacial score (nSPS) is 15.1. The molecule has 2 N–H and O–H groups in total. The second-order valence-corrected chi connectivity index (χ2v) is 9.94. The highest BCUT2D eigenvalue weighted by atomic mass is 35.5. The summed E-state index contributed by atoms with van der Waals surface area (Å²) in [5, 5.41) is 14.1. The van der Waals surface area contributed by atoms with E-state index in [1.165, 1.54) is 0 Å². The number of imidazole rings is 1. The molecule has 0 radical (unpaired) electrons. The second kappa shape index (κ2) is 10.1. The summed E-state index contributed by atoms with van der Waals surface area (Å²) in [5.41, 5.74) is 4.68. The quantitative estimate of drug-likeness (QED) is 0.318. The predicted molar refractivity (Wildman–Crippen MR) is 143 cm³/mol. The number of aryl methyl sites for hydroxylation is 1. The standard InChI is InChI=1S/C27H28ClN7O2/c1-17-31-21-3-2-20(12-23(21)32-17)37-25-5-4-22-27(26(25)28)33-24(14-29-22)19-13-30-35(16-19)15-18-6-8-34(9-7-18)10-11-36/h2-5,12-14,16,18,36H,6-11,15H2,1H3,(H,31,32). The molecule has 0 bridgehead atoms. The minimum Gasteiger partial charge on any atom is -0.456 e. The van der Waals surface area contributed by atoms with Crippen molar-refractivity contribution in [1.82, 2.24) is 34.6 Å². The smallest absolute Gasteiger partial charge is 0.148 e. The molecule has 0 saturated carbocycles. The van der Waals surface area contributed by atoms with Crippen LogP contribution in [0.4, 0.5) is 0 Å². The number of benzene rings is 2. The van der Waals surface area contributed by atoms with Crippen LogP contribution >= 0.6 is 11.6 Å². The predicted octanol–water partition coefficient (Wildman–Crippen LogP) is 4.83. The number of aromatic nitrogens is 6. The number of ether oxygens (including phenoxy) is 1. The zero-order valence-corrected chi connectivity index (χ0v) is 21.3. The molecule has 1 fully saturated rings. The van der Waals surface area contributed by atoms with Crippen LogP contribution in [0, 0.1) is 12.8 Å². The highest BCUT2D eigenvalue weighted by molar-refractivity contribution is 6.36. The maximum atomic E-state index is 9.15. The monoisotopic (exact) mass is 517 g/mol. The van der Waals surface area contributed by atoms with E-state index in [4.69, 9.17) is 26.4 Å². The van der Waals surface area contributed by atoms with Crippen LogP contribution in [0.1, 0.15) is 18.7 Å². The molecule has 3 aromatic heterocycles. The SMILES string of the molecule is Cc1nc2ccc(Oc3ccc4ncc(-c5cnn(CC6CCN(CCO)CC6)c5)nc4c3Cl)cc2[nH]1. The highest BCUT2D eigenvalue weighted by Gasteiger charge is 2.20. The van der Waals surface area contributed by atoms with Crippen molar-refractivity contribution in [1.29, 1.82) is 0 Å². The Kier molecular flexibility index (Phi) is 6.50. The Morgan fingerprint density at radius 3 is 2.78 bits per heavy atom. The molecule has 0 spiro atoms. The van der Waals surface area contributed by atoms with Crippen molar-refractivity contribution in [3.63, 3.8) is 0 Å². The van der Waals surface area contributed by atoms with Gasteiger partial charge in [-0.2, -0.15) is 5.10 Å². The van der Waals surface area contributed by atoms with Crippen LogP contribution in [0.2, 0.25) is 5.02 Å². The summed E-state index contributed by atoms with van der Waals surface area (Å²) in [5.74, 6) is 2.60. The first-order chi connectivity index (χ1) is 18.1. The van der Waals surface area contributed by atoms with E-state index < -0.39 is 0 Å². The van der Waals surface area contributed by atoms with Crippen LogP contribution in [-0.2, 0) is 6.54 Å². The topological polar surface area (TPSA) is 105 Å². The third kappa shape index (κ3) is 5.02. The molecule has 9 nitrogen and oxygen atoms in total. The van der Waals surface area contributed by atoms with Crippen LogP contribution in [0.15, 0.2) is 48.9 Å². The lowest BCUT2D eigenvalue weighted by molar-refractivity contribution is 0.140. The summed E-state index contributed by atoms with van der Waals surface area (Å²) in [7, 11) is 0. The first kappa shape index (κ1) is 23.8. The van der Waals surface area contributed by atoms with Gasteiger partial charge in [-0.25, -0.2) is 9.97 Å². The van der Waals surface area contributed by atoms with Crippen molar-refractivity contribution in [3.8, 4) is 22.8 Å². The van der Waals surface area contributed by atoms with E-state index >= 15 is 0 Å². The van der Waals surface area contributed by atoms with E-state index in [2.05, 4.69) is 25.0 Å². The zero-order chi connectivity index (χ0) is 25.4. The van der Waals surface area contributed by atoms with Crippen molar-refractivity contribution >= 4 is 33.7 Å². The molecule has 37 heavy (non-hydrogen) atoms. The molecule has 10 heteroatoms. The fourth-order valence-corrected chi connectivity index (χ4v) is 5.19. The van der Waals surface area contributed by atoms with Gasteiger partial charge in [-0.3, -0.25) is 9.67 Å². The van der Waals surface area contributed by atoms with Crippen LogP contribution in [0.25, 0.3) is 33.3 Å². The molecule has 6 rings (SSSR count). The molecule has 190 valence electrons. The van der Waals surface area contributed by atoms with Crippen molar-refractivity contribution < 1.29 is 9.84 Å². The lowest BCUT2D eigenvalue weighted by Gasteiger charge is -2.31. The zero-order valence-electron chi connectivity index (χ0n) is 20.6. The fraction of sp³-hybridized carbons (Fsp3) is 0.333. The Bertz CT molecular complexity index is 1560. The van der Waals surface area contributed by atoms with Gasteiger partial charge in [0.2, 0.25) is 0 Å². The third-order valence-corrected chi connectivity index (χ3v) is 7.28. The number of piperidine rings is 1. The molecule has 2 aromatic carbocycles. The molecule has 0 atom stereocenters. The summed E-state index contributed by atoms with van der Waals surface area (Å²) in [4.78, 5) is 19.4. The lowest BCUT2D eigenvalue weighted by Crippen LogP contribution is -2.36. The number of hydrogen-bond donors (Lipinski definition) is 2. The summed E-state index contributed by atoms with van der Waals surface area (Å²) in [6.07, 6.45) is 7.81. The number of likely N-dealkylation sites (tertiary alicyclic amines) is 1. The van der Waals surface area contributed by atoms with Gasteiger partial charge >= 0.3 is 0 Å². The number of aromatic amines is 1. The van der Waals surface area contributed by atoms with E-state index in [1.807, 2.05) is 54.3 Å². The number of hydrogen-bond acceptors (Lipinski definition) is 7. The number of nitrogens with one attached hydrogen (secondary N) is 1. The van der Waals surface area contributed by atoms with Gasteiger partial charge in [0.15, 0.2) is 0 Å². The molecule has 1 saturated heterocycles. The Morgan fingerprint density at radius 2 is 1.95 bits per heavy atom. The first-order valence-electron chi connectivity index (χ1n) is 12.5. The Hall–Kier alpha value is -3.53. The van der Waals surface area contributed by atoms with Crippen LogP contribution < -0.4 is 4.74 Å². The number of aliphatic hydroxyl groups excluding tert-OH is 1. The number of aliphatic hydroxyl groups is 1.